The molecule has 0 aromatic heterocycles. The van der Waals surface area contributed by atoms with E-state index < -0.39 is 0 Å². The fraction of sp³-hybridized carbons (Fsp3) is 0.409. The molecule has 0 bridgehead atoms. The highest BCUT2D eigenvalue weighted by Crippen LogP contribution is 2.41. The number of nitrogens with zero attached hydrogens (tertiary/aromatic N) is 1. The summed E-state index contributed by atoms with van der Waals surface area (Å²) >= 11 is 1.81. The van der Waals surface area contributed by atoms with E-state index in [1.807, 2.05) is 65.2 Å². The minimum absolute atomic E-state index is 0.0549. The van der Waals surface area contributed by atoms with Gasteiger partial charge in [-0.3, -0.25) is 4.79 Å². The number of ether oxygens (including phenoxy) is 2. The largest absolute Gasteiger partial charge is 0.493 e. The van der Waals surface area contributed by atoms with Gasteiger partial charge in [0.1, 0.15) is 12.0 Å². The second kappa shape index (κ2) is 9.70. The highest BCUT2D eigenvalue weighted by molar-refractivity contribution is 7.99. The van der Waals surface area contributed by atoms with Gasteiger partial charge in [0.2, 0.25) is 5.91 Å². The second-order valence-electron chi connectivity index (χ2n) is 6.60. The van der Waals surface area contributed by atoms with Crippen LogP contribution >= 0.6 is 11.8 Å². The van der Waals surface area contributed by atoms with Gasteiger partial charge in [0.15, 0.2) is 11.5 Å². The maximum atomic E-state index is 12.6. The third-order valence-corrected chi connectivity index (χ3v) is 5.93. The van der Waals surface area contributed by atoms with E-state index in [4.69, 9.17) is 9.47 Å². The Morgan fingerprint density at radius 3 is 2.74 bits per heavy atom. The molecule has 3 rings (SSSR count). The van der Waals surface area contributed by atoms with E-state index in [9.17, 15) is 4.79 Å². The smallest absolute Gasteiger partial charge is 0.223 e. The minimum atomic E-state index is 0.0549. The fourth-order valence-corrected chi connectivity index (χ4v) is 4.44. The minimum Gasteiger partial charge on any atom is -0.493 e. The summed E-state index contributed by atoms with van der Waals surface area (Å²) in [5, 5.41) is 0.0549. The van der Waals surface area contributed by atoms with E-state index in [0.717, 1.165) is 36.3 Å². The Balaban J connectivity index is 1.76. The van der Waals surface area contributed by atoms with Gasteiger partial charge in [-0.15, -0.1) is 11.8 Å². The lowest BCUT2D eigenvalue weighted by atomic mass is 10.1. The van der Waals surface area contributed by atoms with Crippen LogP contribution in [-0.2, 0) is 11.4 Å². The van der Waals surface area contributed by atoms with Gasteiger partial charge in [-0.2, -0.15) is 0 Å². The van der Waals surface area contributed by atoms with Gasteiger partial charge in [-0.1, -0.05) is 49.7 Å². The fourth-order valence-electron chi connectivity index (χ4n) is 3.17. The van der Waals surface area contributed by atoms with Gasteiger partial charge in [0.05, 0.1) is 7.11 Å². The maximum absolute atomic E-state index is 12.6. The highest BCUT2D eigenvalue weighted by Gasteiger charge is 2.30. The Morgan fingerprint density at radius 1 is 1.19 bits per heavy atom. The molecule has 1 aliphatic rings. The van der Waals surface area contributed by atoms with Crippen molar-refractivity contribution in [1.82, 2.24) is 4.90 Å². The summed E-state index contributed by atoms with van der Waals surface area (Å²) in [7, 11) is 1.65. The third kappa shape index (κ3) is 4.98. The Morgan fingerprint density at radius 2 is 2.00 bits per heavy atom. The molecule has 1 heterocycles. The number of methoxy groups -OCH3 is 1. The summed E-state index contributed by atoms with van der Waals surface area (Å²) < 4.78 is 11.5. The van der Waals surface area contributed by atoms with E-state index >= 15 is 0 Å². The van der Waals surface area contributed by atoms with Crippen molar-refractivity contribution < 1.29 is 14.3 Å². The van der Waals surface area contributed by atoms with Crippen molar-refractivity contribution in [2.75, 3.05) is 19.4 Å². The number of carbonyl (C=O) groups excluding carboxylic acids is 1. The first-order valence-electron chi connectivity index (χ1n) is 9.48. The van der Waals surface area contributed by atoms with Crippen LogP contribution in [-0.4, -0.2) is 30.2 Å². The molecule has 0 saturated carbocycles. The predicted octanol–water partition coefficient (Wildman–Crippen LogP) is 5.04. The van der Waals surface area contributed by atoms with E-state index in [0.29, 0.717) is 24.5 Å². The van der Waals surface area contributed by atoms with E-state index in [1.54, 1.807) is 7.11 Å². The molecule has 1 amide bonds. The molecule has 1 atom stereocenters. The molecule has 1 unspecified atom stereocenters. The van der Waals surface area contributed by atoms with Crippen molar-refractivity contribution >= 4 is 17.7 Å². The first-order valence-corrected chi connectivity index (χ1v) is 10.5. The number of hydrogen-bond acceptors (Lipinski definition) is 4. The number of hydrogen-bond donors (Lipinski definition) is 0. The predicted molar refractivity (Wildman–Crippen MR) is 110 cm³/mol. The Bertz CT molecular complexity index is 750. The summed E-state index contributed by atoms with van der Waals surface area (Å²) in [6, 6.07) is 16.1. The molecular weight excluding hydrogens is 358 g/mol. The molecule has 4 nitrogen and oxygen atoms in total. The quantitative estimate of drug-likeness (QED) is 0.638. The van der Waals surface area contributed by atoms with E-state index in [2.05, 4.69) is 6.92 Å². The van der Waals surface area contributed by atoms with E-state index in [-0.39, 0.29) is 11.3 Å². The van der Waals surface area contributed by atoms with Crippen LogP contribution in [0.2, 0.25) is 0 Å². The van der Waals surface area contributed by atoms with Gasteiger partial charge < -0.3 is 14.4 Å². The first-order chi connectivity index (χ1) is 13.2. The number of rotatable bonds is 8. The van der Waals surface area contributed by atoms with E-state index in [1.165, 1.54) is 0 Å². The van der Waals surface area contributed by atoms with Crippen molar-refractivity contribution in [2.24, 2.45) is 0 Å². The average Bonchev–Trinajstić information content (AvgIpc) is 3.21. The molecule has 1 aliphatic heterocycles. The van der Waals surface area contributed by atoms with Crippen LogP contribution in [0.15, 0.2) is 48.5 Å². The maximum Gasteiger partial charge on any atom is 0.223 e. The molecule has 0 radical (unpaired) electrons. The lowest BCUT2D eigenvalue weighted by Crippen LogP contribution is -2.30. The summed E-state index contributed by atoms with van der Waals surface area (Å²) in [5.74, 6) is 2.64. The van der Waals surface area contributed by atoms with Crippen LogP contribution in [0.3, 0.4) is 0 Å². The van der Waals surface area contributed by atoms with Crippen molar-refractivity contribution in [3.63, 3.8) is 0 Å². The number of unbranched alkanes of at least 4 members (excludes halogenated alkanes) is 1. The zero-order chi connectivity index (χ0) is 19.1. The normalized spacial score (nSPS) is 16.4. The average molecular weight is 386 g/mol. The van der Waals surface area contributed by atoms with Crippen LogP contribution in [0.1, 0.15) is 42.7 Å². The Hall–Kier alpha value is -2.14. The number of benzene rings is 2. The SMILES string of the molecule is CCCCC(=O)N1CCSC1c1ccc(OC)c(OCc2ccccc2)c1. The van der Waals surface area contributed by atoms with Crippen molar-refractivity contribution in [2.45, 2.75) is 38.2 Å². The zero-order valence-corrected chi connectivity index (χ0v) is 16.8. The van der Waals surface area contributed by atoms with Crippen LogP contribution in [0.5, 0.6) is 11.5 Å². The Labute approximate surface area is 165 Å². The summed E-state index contributed by atoms with van der Waals surface area (Å²) in [6.45, 7) is 3.41. The van der Waals surface area contributed by atoms with Crippen LogP contribution in [0.25, 0.3) is 0 Å². The molecule has 1 saturated heterocycles. The molecule has 27 heavy (non-hydrogen) atoms. The Kier molecular flexibility index (Phi) is 7.04. The molecular formula is C22H27NO3S. The molecule has 2 aromatic carbocycles. The second-order valence-corrected chi connectivity index (χ2v) is 7.79. The lowest BCUT2D eigenvalue weighted by Gasteiger charge is -2.25. The van der Waals surface area contributed by atoms with Crippen LogP contribution in [0.4, 0.5) is 0 Å². The van der Waals surface area contributed by atoms with Gasteiger partial charge in [0.25, 0.3) is 0 Å². The molecule has 1 fully saturated rings. The summed E-state index contributed by atoms with van der Waals surface area (Å²) in [5.41, 5.74) is 2.20. The van der Waals surface area contributed by atoms with Gasteiger partial charge in [0, 0.05) is 18.7 Å². The van der Waals surface area contributed by atoms with Gasteiger partial charge in [-0.25, -0.2) is 0 Å². The zero-order valence-electron chi connectivity index (χ0n) is 16.0. The number of carbonyl (C=O) groups is 1. The lowest BCUT2D eigenvalue weighted by molar-refractivity contribution is -0.131. The summed E-state index contributed by atoms with van der Waals surface area (Å²) in [4.78, 5) is 14.6. The van der Waals surface area contributed by atoms with Crippen molar-refractivity contribution in [3.8, 4) is 11.5 Å². The van der Waals surface area contributed by atoms with Crippen molar-refractivity contribution in [1.29, 1.82) is 0 Å². The molecule has 144 valence electrons. The molecule has 2 aromatic rings. The highest BCUT2D eigenvalue weighted by atomic mass is 32.2. The molecule has 0 spiro atoms. The first kappa shape index (κ1) is 19.6. The van der Waals surface area contributed by atoms with Crippen LogP contribution < -0.4 is 9.47 Å². The standard InChI is InChI=1S/C22H27NO3S/c1-3-4-10-21(24)23-13-14-27-22(23)18-11-12-19(25-2)20(15-18)26-16-17-8-6-5-7-9-17/h5-9,11-12,15,22H,3-4,10,13-14,16H2,1-2H3. The monoisotopic (exact) mass is 385 g/mol. The summed E-state index contributed by atoms with van der Waals surface area (Å²) in [6.07, 6.45) is 2.61. The van der Waals surface area contributed by atoms with Gasteiger partial charge >= 0.3 is 0 Å². The van der Waals surface area contributed by atoms with Crippen molar-refractivity contribution in [3.05, 3.63) is 59.7 Å². The number of thioether (sulfide) groups is 1. The topological polar surface area (TPSA) is 38.8 Å². The number of amides is 1. The third-order valence-electron chi connectivity index (χ3n) is 4.67. The van der Waals surface area contributed by atoms with Crippen LogP contribution in [0, 0.1) is 0 Å². The molecule has 5 heteroatoms. The molecule has 0 N–H and O–H groups in total. The van der Waals surface area contributed by atoms with Gasteiger partial charge in [-0.05, 0) is 29.7 Å². The molecule has 0 aliphatic carbocycles.